The van der Waals surface area contributed by atoms with E-state index >= 15 is 0 Å². The summed E-state index contributed by atoms with van der Waals surface area (Å²) in [6.45, 7) is 4.42. The number of aliphatic imine (C=N–C) groups is 2. The van der Waals surface area contributed by atoms with Crippen LogP contribution < -0.4 is 0 Å². The van der Waals surface area contributed by atoms with Crippen molar-refractivity contribution in [1.82, 2.24) is 24.9 Å². The number of H-pyrrole nitrogens is 2. The lowest BCUT2D eigenvalue weighted by Gasteiger charge is -2.32. The van der Waals surface area contributed by atoms with Gasteiger partial charge < -0.3 is 9.97 Å². The molecule has 0 aromatic carbocycles. The summed E-state index contributed by atoms with van der Waals surface area (Å²) in [5.41, 5.74) is 6.44. The highest BCUT2D eigenvalue weighted by molar-refractivity contribution is 5.78. The molecule has 48 heavy (non-hydrogen) atoms. The molecule has 0 spiro atoms. The number of rotatable bonds is 10. The van der Waals surface area contributed by atoms with Gasteiger partial charge in [0.25, 0.3) is 0 Å². The molecule has 7 rings (SSSR count). The molecule has 0 saturated heterocycles. The van der Waals surface area contributed by atoms with E-state index in [9.17, 15) is 0 Å². The number of aromatic nitrogens is 5. The molecular weight excluding hydrogens is 591 g/mol. The minimum atomic E-state index is -0.666. The van der Waals surface area contributed by atoms with Crippen LogP contribution in [0.1, 0.15) is 124 Å². The van der Waals surface area contributed by atoms with Gasteiger partial charge in [0, 0.05) is 36.2 Å². The van der Waals surface area contributed by atoms with Crippen LogP contribution >= 0.6 is 0 Å². The molecule has 5 heterocycles. The molecule has 2 aliphatic carbocycles. The Balaban J connectivity index is 1.31. The SMILES string of the molecule is CC(c1ccccn1)(c1ccccn1)c1cccc(C(C)(c2ccc(C=NC3CCCCC3)[nH]2)c2ccc(C=NC3CCCCC3)[nH]2)n1. The van der Waals surface area contributed by atoms with Crippen molar-refractivity contribution in [3.05, 3.63) is 137 Å². The van der Waals surface area contributed by atoms with Crippen LogP contribution in [0.2, 0.25) is 0 Å². The molecule has 0 amide bonds. The van der Waals surface area contributed by atoms with Gasteiger partial charge in [0.1, 0.15) is 0 Å². The summed E-state index contributed by atoms with van der Waals surface area (Å²) in [5, 5.41) is 0. The number of nitrogens with one attached hydrogen (secondary N) is 2. The van der Waals surface area contributed by atoms with E-state index in [1.807, 2.05) is 49.1 Å². The van der Waals surface area contributed by atoms with Crippen molar-refractivity contribution in [3.8, 4) is 0 Å². The van der Waals surface area contributed by atoms with E-state index in [4.69, 9.17) is 24.9 Å². The van der Waals surface area contributed by atoms with Crippen molar-refractivity contribution < 1.29 is 0 Å². The molecule has 0 bridgehead atoms. The average molecular weight is 638 g/mol. The van der Waals surface area contributed by atoms with E-state index in [0.29, 0.717) is 12.1 Å². The molecule has 2 saturated carbocycles. The maximum Gasteiger partial charge on any atom is 0.0939 e. The highest BCUT2D eigenvalue weighted by atomic mass is 14.9. The van der Waals surface area contributed by atoms with E-state index in [1.165, 1.54) is 64.2 Å². The Hall–Kier alpha value is -4.65. The van der Waals surface area contributed by atoms with Crippen molar-refractivity contribution >= 4 is 12.4 Å². The maximum atomic E-state index is 5.49. The van der Waals surface area contributed by atoms with E-state index in [1.54, 1.807) is 0 Å². The second-order valence-corrected chi connectivity index (χ2v) is 13.9. The number of aromatic amines is 2. The normalized spacial score (nSPS) is 18.0. The lowest BCUT2D eigenvalue weighted by atomic mass is 9.76. The largest absolute Gasteiger partial charge is 0.357 e. The minimum Gasteiger partial charge on any atom is -0.357 e. The van der Waals surface area contributed by atoms with Gasteiger partial charge in [-0.15, -0.1) is 0 Å². The Labute approximate surface area is 284 Å². The summed E-state index contributed by atoms with van der Waals surface area (Å²) in [5.74, 6) is 0. The molecule has 7 heteroatoms. The van der Waals surface area contributed by atoms with E-state index in [-0.39, 0.29) is 0 Å². The van der Waals surface area contributed by atoms with Gasteiger partial charge in [-0.2, -0.15) is 0 Å². The molecule has 2 aliphatic rings. The third kappa shape index (κ3) is 6.55. The van der Waals surface area contributed by atoms with Crippen LogP contribution in [0.3, 0.4) is 0 Å². The summed E-state index contributed by atoms with van der Waals surface area (Å²) < 4.78 is 0. The van der Waals surface area contributed by atoms with Gasteiger partial charge in [-0.3, -0.25) is 24.9 Å². The molecule has 5 aromatic rings. The summed E-state index contributed by atoms with van der Waals surface area (Å²) >= 11 is 0. The van der Waals surface area contributed by atoms with Crippen LogP contribution in [-0.2, 0) is 10.8 Å². The first kappa shape index (κ1) is 31.9. The van der Waals surface area contributed by atoms with Crippen LogP contribution in [0, 0.1) is 0 Å². The number of nitrogens with zero attached hydrogens (tertiary/aromatic N) is 5. The second-order valence-electron chi connectivity index (χ2n) is 13.9. The van der Waals surface area contributed by atoms with Crippen LogP contribution in [0.25, 0.3) is 0 Å². The van der Waals surface area contributed by atoms with Crippen LogP contribution in [0.5, 0.6) is 0 Å². The minimum absolute atomic E-state index is 0.417. The monoisotopic (exact) mass is 637 g/mol. The van der Waals surface area contributed by atoms with Gasteiger partial charge in [-0.25, -0.2) is 0 Å². The standard InChI is InChI=1S/C41H47N7/c1-40(34-18-9-11-26-42-34,35-19-10-12-27-43-35)36-20-13-21-37(48-36)41(2,38-24-22-32(46-38)28-44-30-14-5-3-6-15-30)39-25-23-33(47-39)29-45-31-16-7-4-8-17-31/h9-13,18-31,46-47H,3-8,14-17H2,1-2H3. The molecule has 2 N–H and O–H groups in total. The Morgan fingerprint density at radius 2 is 1.00 bits per heavy atom. The van der Waals surface area contributed by atoms with Crippen molar-refractivity contribution in [2.45, 2.75) is 101 Å². The fourth-order valence-electron chi connectivity index (χ4n) is 7.51. The van der Waals surface area contributed by atoms with E-state index < -0.39 is 10.8 Å². The average Bonchev–Trinajstić information content (AvgIpc) is 3.85. The summed E-state index contributed by atoms with van der Waals surface area (Å²) in [4.78, 5) is 32.5. The Bertz CT molecular complexity index is 1720. The van der Waals surface area contributed by atoms with Gasteiger partial charge in [0.05, 0.1) is 57.1 Å². The summed E-state index contributed by atoms with van der Waals surface area (Å²) in [7, 11) is 0. The van der Waals surface area contributed by atoms with Gasteiger partial charge in [-0.05, 0) is 100 Å². The Morgan fingerprint density at radius 1 is 0.542 bits per heavy atom. The zero-order valence-electron chi connectivity index (χ0n) is 28.3. The number of pyridine rings is 3. The van der Waals surface area contributed by atoms with E-state index in [2.05, 4.69) is 78.4 Å². The number of hydrogen-bond donors (Lipinski definition) is 2. The highest BCUT2D eigenvalue weighted by Crippen LogP contribution is 2.40. The lowest BCUT2D eigenvalue weighted by Crippen LogP contribution is -2.32. The summed E-state index contributed by atoms with van der Waals surface area (Å²) in [6, 6.07) is 27.9. The van der Waals surface area contributed by atoms with Crippen molar-refractivity contribution in [2.24, 2.45) is 9.98 Å². The molecule has 7 nitrogen and oxygen atoms in total. The molecule has 0 atom stereocenters. The third-order valence-electron chi connectivity index (χ3n) is 10.6. The molecule has 0 radical (unpaired) electrons. The molecule has 0 aliphatic heterocycles. The third-order valence-corrected chi connectivity index (χ3v) is 10.6. The zero-order chi connectivity index (χ0) is 32.8. The quantitative estimate of drug-likeness (QED) is 0.150. The highest BCUT2D eigenvalue weighted by Gasteiger charge is 2.39. The van der Waals surface area contributed by atoms with Crippen molar-refractivity contribution in [2.75, 3.05) is 0 Å². The second kappa shape index (κ2) is 14.2. The number of hydrogen-bond acceptors (Lipinski definition) is 5. The van der Waals surface area contributed by atoms with Gasteiger partial charge in [0.15, 0.2) is 0 Å². The van der Waals surface area contributed by atoms with Crippen LogP contribution in [0.15, 0.2) is 101 Å². The van der Waals surface area contributed by atoms with Crippen LogP contribution in [-0.4, -0.2) is 49.4 Å². The first-order chi connectivity index (χ1) is 23.5. The van der Waals surface area contributed by atoms with Crippen LogP contribution in [0.4, 0.5) is 0 Å². The first-order valence-corrected chi connectivity index (χ1v) is 17.8. The van der Waals surface area contributed by atoms with Crippen molar-refractivity contribution in [1.29, 1.82) is 0 Å². The van der Waals surface area contributed by atoms with E-state index in [0.717, 1.165) is 45.6 Å². The Kier molecular flexibility index (Phi) is 9.46. The van der Waals surface area contributed by atoms with Gasteiger partial charge in [-0.1, -0.05) is 56.7 Å². The molecule has 0 unspecified atom stereocenters. The molecular formula is C41H47N7. The zero-order valence-corrected chi connectivity index (χ0v) is 28.3. The lowest BCUT2D eigenvalue weighted by molar-refractivity contribution is 0.444. The predicted octanol–water partition coefficient (Wildman–Crippen LogP) is 8.74. The smallest absolute Gasteiger partial charge is 0.0939 e. The first-order valence-electron chi connectivity index (χ1n) is 17.8. The molecule has 2 fully saturated rings. The van der Waals surface area contributed by atoms with Crippen molar-refractivity contribution in [3.63, 3.8) is 0 Å². The fourth-order valence-corrected chi connectivity index (χ4v) is 7.51. The molecule has 246 valence electrons. The fraction of sp³-hybridized carbons (Fsp3) is 0.390. The predicted molar refractivity (Wildman–Crippen MR) is 194 cm³/mol. The summed E-state index contributed by atoms with van der Waals surface area (Å²) in [6.07, 6.45) is 20.2. The maximum absolute atomic E-state index is 5.49. The van der Waals surface area contributed by atoms with Gasteiger partial charge in [0.2, 0.25) is 0 Å². The molecule has 5 aromatic heterocycles. The topological polar surface area (TPSA) is 95.0 Å². The van der Waals surface area contributed by atoms with Gasteiger partial charge >= 0.3 is 0 Å². The Morgan fingerprint density at radius 3 is 1.46 bits per heavy atom.